The van der Waals surface area contributed by atoms with Gasteiger partial charge in [0, 0.05) is 10.8 Å². The minimum atomic E-state index is -2.82. The first kappa shape index (κ1) is 26.6. The second-order valence-electron chi connectivity index (χ2n) is 10.3. The number of aliphatic carboxylic acids is 1. The van der Waals surface area contributed by atoms with E-state index in [2.05, 4.69) is 58.9 Å². The molecule has 1 N–H and O–H groups in total. The van der Waals surface area contributed by atoms with E-state index >= 15 is 0 Å². The highest BCUT2D eigenvalue weighted by Gasteiger charge is 2.49. The second-order valence-corrected chi connectivity index (χ2v) is 29.0. The molecular weight excluding hydrogens is 417 g/mol. The fourth-order valence-corrected chi connectivity index (χ4v) is 18.7. The second kappa shape index (κ2) is 9.38. The van der Waals surface area contributed by atoms with Gasteiger partial charge in [0.25, 0.3) is 0 Å². The van der Waals surface area contributed by atoms with Gasteiger partial charge in [-0.25, -0.2) is 0 Å². The quantitative estimate of drug-likeness (QED) is 0.393. The molecule has 0 amide bonds. The topological polar surface area (TPSA) is 65.0 Å². The maximum absolute atomic E-state index is 11.1. The summed E-state index contributed by atoms with van der Waals surface area (Å²) in [5.41, 5.74) is 0. The first-order chi connectivity index (χ1) is 11.2. The van der Waals surface area contributed by atoms with Crippen molar-refractivity contribution in [2.45, 2.75) is 90.0 Å². The number of thioether (sulfide) groups is 1. The Balaban J connectivity index is 5.48. The lowest BCUT2D eigenvalue weighted by Gasteiger charge is -2.43. The van der Waals surface area contributed by atoms with Crippen LogP contribution in [0.15, 0.2) is 0 Å². The Morgan fingerprint density at radius 2 is 1.19 bits per heavy atom. The zero-order valence-electron chi connectivity index (χ0n) is 18.6. The summed E-state index contributed by atoms with van der Waals surface area (Å²) in [4.78, 5) is 11.1. The minimum absolute atomic E-state index is 0.144. The average Bonchev–Trinajstić information content (AvgIpc) is 2.16. The maximum atomic E-state index is 11.1. The van der Waals surface area contributed by atoms with Crippen LogP contribution >= 0.6 is 11.8 Å². The summed E-state index contributed by atoms with van der Waals surface area (Å²) < 4.78 is 19.6. The lowest BCUT2D eigenvalue weighted by Crippen LogP contribution is -2.60. The molecule has 0 aliphatic heterocycles. The van der Waals surface area contributed by atoms with Gasteiger partial charge in [0.2, 0.25) is 0 Å². The predicted molar refractivity (Wildman–Crippen MR) is 123 cm³/mol. The summed E-state index contributed by atoms with van der Waals surface area (Å²) in [5.74, 6) is 0.0208. The van der Waals surface area contributed by atoms with E-state index in [0.717, 1.165) is 11.8 Å². The number of hydrogen-bond acceptors (Lipinski definition) is 5. The monoisotopic (exact) mass is 456 g/mol. The zero-order valence-corrected chi connectivity index (χ0v) is 23.4. The first-order valence-electron chi connectivity index (χ1n) is 9.21. The number of carboxylic acids is 1. The molecule has 0 radical (unpaired) electrons. The van der Waals surface area contributed by atoms with E-state index in [1.54, 1.807) is 11.8 Å². The molecule has 0 unspecified atom stereocenters. The molecule has 0 aliphatic carbocycles. The van der Waals surface area contributed by atoms with Crippen LogP contribution in [0.4, 0.5) is 0 Å². The van der Waals surface area contributed by atoms with Crippen LogP contribution in [0.2, 0.25) is 65.0 Å². The van der Waals surface area contributed by atoms with Crippen LogP contribution in [0.1, 0.15) is 20.3 Å². The third-order valence-corrected chi connectivity index (χ3v) is 16.5. The van der Waals surface area contributed by atoms with Crippen LogP contribution in [0.25, 0.3) is 0 Å². The Kier molecular flexibility index (Phi) is 9.58. The van der Waals surface area contributed by atoms with Crippen molar-refractivity contribution in [3.8, 4) is 0 Å². The van der Waals surface area contributed by atoms with Crippen molar-refractivity contribution in [3.05, 3.63) is 0 Å². The summed E-state index contributed by atoms with van der Waals surface area (Å²) in [7, 11) is -8.41. The molecule has 0 heterocycles. The van der Waals surface area contributed by atoms with Gasteiger partial charge in [-0.15, -0.1) is 0 Å². The van der Waals surface area contributed by atoms with Gasteiger partial charge in [-0.3, -0.25) is 4.79 Å². The van der Waals surface area contributed by atoms with Crippen LogP contribution in [-0.4, -0.2) is 55.3 Å². The molecular formula is C16H40O5SSi4. The highest BCUT2D eigenvalue weighted by Crippen LogP contribution is 2.34. The molecule has 0 fully saturated rings. The third kappa shape index (κ3) is 13.7. The number of rotatable bonds is 12. The van der Waals surface area contributed by atoms with Gasteiger partial charge >= 0.3 is 14.8 Å². The summed E-state index contributed by atoms with van der Waals surface area (Å²) in [6.07, 6.45) is 0.144. The standard InChI is InChI=1S/C16H40O5SSi4/c1-16(2,14-15(17)18)22-12-13-26(19-23(3,4)5,20-24(6,7)8)21-25(9,10)11/h12-14H2,1-11H3,(H,17,18). The van der Waals surface area contributed by atoms with Gasteiger partial charge in [0.1, 0.15) is 0 Å². The van der Waals surface area contributed by atoms with Crippen LogP contribution in [-0.2, 0) is 17.1 Å². The lowest BCUT2D eigenvalue weighted by molar-refractivity contribution is -0.137. The fourth-order valence-electron chi connectivity index (χ4n) is 2.48. The summed E-state index contributed by atoms with van der Waals surface area (Å²) >= 11 is 1.67. The van der Waals surface area contributed by atoms with Gasteiger partial charge in [-0.05, 0) is 64.7 Å². The molecule has 156 valence electrons. The van der Waals surface area contributed by atoms with Gasteiger partial charge < -0.3 is 17.5 Å². The SMILES string of the molecule is CC(C)(CC(=O)O)SCC[Si](O[Si](C)(C)C)(O[Si](C)(C)C)O[Si](C)(C)C. The highest BCUT2D eigenvalue weighted by atomic mass is 32.2. The molecule has 5 nitrogen and oxygen atoms in total. The highest BCUT2D eigenvalue weighted by molar-refractivity contribution is 8.00. The molecule has 0 saturated heterocycles. The van der Waals surface area contributed by atoms with Crippen molar-refractivity contribution < 1.29 is 22.2 Å². The van der Waals surface area contributed by atoms with Crippen LogP contribution in [0, 0.1) is 0 Å². The van der Waals surface area contributed by atoms with Gasteiger partial charge in [0.05, 0.1) is 6.42 Å². The Morgan fingerprint density at radius 1 is 0.846 bits per heavy atom. The molecule has 0 aliphatic rings. The molecule has 0 saturated carbocycles. The maximum Gasteiger partial charge on any atom is 0.470 e. The van der Waals surface area contributed by atoms with E-state index in [4.69, 9.17) is 17.5 Å². The van der Waals surface area contributed by atoms with Crippen molar-refractivity contribution in [2.24, 2.45) is 0 Å². The Labute approximate surface area is 169 Å². The molecule has 10 heteroatoms. The van der Waals surface area contributed by atoms with E-state index in [-0.39, 0.29) is 11.2 Å². The number of carboxylic acid groups (broad SMARTS) is 1. The first-order valence-corrected chi connectivity index (χ1v) is 22.3. The Hall–Kier alpha value is 0.568. The minimum Gasteiger partial charge on any atom is -0.481 e. The fraction of sp³-hybridized carbons (Fsp3) is 0.938. The average molecular weight is 457 g/mol. The molecule has 0 aromatic carbocycles. The summed E-state index contributed by atoms with van der Waals surface area (Å²) in [5, 5.41) is 9.10. The van der Waals surface area contributed by atoms with Gasteiger partial charge in [-0.1, -0.05) is 13.8 Å². The van der Waals surface area contributed by atoms with Gasteiger partial charge in [-0.2, -0.15) is 11.8 Å². The van der Waals surface area contributed by atoms with E-state index in [1.807, 2.05) is 13.8 Å². The van der Waals surface area contributed by atoms with E-state index in [9.17, 15) is 4.79 Å². The van der Waals surface area contributed by atoms with Crippen LogP contribution in [0.3, 0.4) is 0 Å². The molecule has 26 heavy (non-hydrogen) atoms. The van der Waals surface area contributed by atoms with E-state index < -0.39 is 39.7 Å². The van der Waals surface area contributed by atoms with Gasteiger partial charge in [0.15, 0.2) is 25.0 Å². The summed E-state index contributed by atoms with van der Waals surface area (Å²) in [6.45, 7) is 23.6. The van der Waals surface area contributed by atoms with Crippen molar-refractivity contribution in [1.29, 1.82) is 0 Å². The number of hydrogen-bond donors (Lipinski definition) is 1. The van der Waals surface area contributed by atoms with E-state index in [0.29, 0.717) is 0 Å². The molecule has 0 aromatic rings. The third-order valence-electron chi connectivity index (χ3n) is 2.86. The predicted octanol–water partition coefficient (Wildman–Crippen LogP) is 5.47. The van der Waals surface area contributed by atoms with Crippen molar-refractivity contribution in [2.75, 3.05) is 5.75 Å². The number of carbonyl (C=O) groups is 1. The van der Waals surface area contributed by atoms with Crippen molar-refractivity contribution in [3.63, 3.8) is 0 Å². The molecule has 0 atom stereocenters. The lowest BCUT2D eigenvalue weighted by atomic mass is 10.1. The molecule has 0 rings (SSSR count). The molecule has 0 aromatic heterocycles. The summed E-state index contributed by atoms with van der Waals surface area (Å²) in [6, 6.07) is 0.736. The molecule has 0 bridgehead atoms. The van der Waals surface area contributed by atoms with Crippen LogP contribution in [0.5, 0.6) is 0 Å². The smallest absolute Gasteiger partial charge is 0.470 e. The zero-order chi connectivity index (χ0) is 21.0. The van der Waals surface area contributed by atoms with Crippen molar-refractivity contribution >= 4 is 51.5 Å². The Morgan fingerprint density at radius 3 is 1.46 bits per heavy atom. The normalized spacial score (nSPS) is 14.6. The van der Waals surface area contributed by atoms with E-state index in [1.165, 1.54) is 0 Å². The largest absolute Gasteiger partial charge is 0.481 e. The van der Waals surface area contributed by atoms with Crippen molar-refractivity contribution in [1.82, 2.24) is 0 Å². The van der Waals surface area contributed by atoms with Crippen LogP contribution < -0.4 is 0 Å². The Bertz CT molecular complexity index is 426. The molecule has 0 spiro atoms.